The predicted octanol–water partition coefficient (Wildman–Crippen LogP) is 4.57. The third-order valence-corrected chi connectivity index (χ3v) is 7.57. The van der Waals surface area contributed by atoms with E-state index >= 15 is 0 Å². The highest BCUT2D eigenvalue weighted by Crippen LogP contribution is 2.35. The molecule has 0 spiro atoms. The summed E-state index contributed by atoms with van der Waals surface area (Å²) in [5, 5.41) is 0. The second-order valence-electron chi connectivity index (χ2n) is 8.17. The number of ether oxygens (including phenoxy) is 1. The zero-order valence-corrected chi connectivity index (χ0v) is 19.9. The quantitative estimate of drug-likeness (QED) is 0.514. The number of aryl methyl sites for hydroxylation is 1. The molecule has 4 rings (SSSR count). The minimum atomic E-state index is -4.03. The van der Waals surface area contributed by atoms with Crippen LogP contribution in [0.5, 0.6) is 5.75 Å². The van der Waals surface area contributed by atoms with Gasteiger partial charge in [0, 0.05) is 11.7 Å². The van der Waals surface area contributed by atoms with Crippen molar-refractivity contribution in [2.24, 2.45) is 0 Å². The molecule has 0 radical (unpaired) electrons. The molecular weight excluding hydrogens is 436 g/mol. The van der Waals surface area contributed by atoms with Gasteiger partial charge in [0.1, 0.15) is 12.3 Å². The molecule has 0 N–H and O–H groups in total. The molecule has 0 bridgehead atoms. The number of hydrogen-bond donors (Lipinski definition) is 0. The largest absolute Gasteiger partial charge is 0.492 e. The van der Waals surface area contributed by atoms with Crippen molar-refractivity contribution in [3.05, 3.63) is 83.9 Å². The highest BCUT2D eigenvalue weighted by atomic mass is 32.2. The molecule has 0 saturated carbocycles. The lowest BCUT2D eigenvalue weighted by Crippen LogP contribution is -2.45. The monoisotopic (exact) mass is 464 g/mol. The van der Waals surface area contributed by atoms with E-state index in [1.165, 1.54) is 4.31 Å². The maximum atomic E-state index is 13.8. The van der Waals surface area contributed by atoms with Crippen LogP contribution in [0.2, 0.25) is 0 Å². The van der Waals surface area contributed by atoms with E-state index in [9.17, 15) is 13.2 Å². The van der Waals surface area contributed by atoms with Crippen LogP contribution in [0.15, 0.2) is 77.7 Å². The van der Waals surface area contributed by atoms with E-state index < -0.39 is 10.0 Å². The van der Waals surface area contributed by atoms with Crippen molar-refractivity contribution in [1.82, 2.24) is 0 Å². The molecule has 0 aromatic heterocycles. The second-order valence-corrected chi connectivity index (χ2v) is 10.0. The average Bonchev–Trinajstić information content (AvgIpc) is 3.14. The summed E-state index contributed by atoms with van der Waals surface area (Å²) >= 11 is 0. The van der Waals surface area contributed by atoms with E-state index in [4.69, 9.17) is 4.74 Å². The lowest BCUT2D eigenvalue weighted by Gasteiger charge is -2.29. The zero-order chi connectivity index (χ0) is 23.6. The van der Waals surface area contributed by atoms with Crippen molar-refractivity contribution < 1.29 is 17.9 Å². The third kappa shape index (κ3) is 4.46. The number of nitrogens with zero attached hydrogens (tertiary/aromatic N) is 2. The Bertz CT molecular complexity index is 1260. The maximum absolute atomic E-state index is 13.8. The minimum absolute atomic E-state index is 0.0547. The summed E-state index contributed by atoms with van der Waals surface area (Å²) in [7, 11) is -4.03. The summed E-state index contributed by atoms with van der Waals surface area (Å²) in [5.41, 5.74) is 3.21. The number of amides is 1. The van der Waals surface area contributed by atoms with Gasteiger partial charge in [0.25, 0.3) is 10.0 Å². The van der Waals surface area contributed by atoms with Crippen LogP contribution in [0.3, 0.4) is 0 Å². The molecule has 0 fully saturated rings. The molecule has 1 aliphatic rings. The van der Waals surface area contributed by atoms with Gasteiger partial charge in [-0.1, -0.05) is 48.0 Å². The van der Waals surface area contributed by atoms with Gasteiger partial charge in [-0.05, 0) is 63.1 Å². The molecule has 1 heterocycles. The molecule has 1 aliphatic heterocycles. The van der Waals surface area contributed by atoms with Gasteiger partial charge in [0.2, 0.25) is 5.91 Å². The van der Waals surface area contributed by atoms with Crippen LogP contribution in [-0.4, -0.2) is 33.5 Å². The van der Waals surface area contributed by atoms with Crippen molar-refractivity contribution in [1.29, 1.82) is 0 Å². The standard InChI is InChI=1S/C26H28N2O4S/c1-4-32-25-12-8-7-11-24(25)27(33(30,31)22-15-13-19(2)14-16-22)18-26(29)28-20(3)17-21-9-5-6-10-23(21)28/h5-16,20H,4,17-18H2,1-3H3/t20-/m1/s1. The number of hydrogen-bond acceptors (Lipinski definition) is 4. The van der Waals surface area contributed by atoms with Crippen molar-refractivity contribution in [2.45, 2.75) is 38.1 Å². The van der Waals surface area contributed by atoms with Crippen LogP contribution >= 0.6 is 0 Å². The number of carbonyl (C=O) groups excluding carboxylic acids is 1. The van der Waals surface area contributed by atoms with Gasteiger partial charge in [-0.25, -0.2) is 8.42 Å². The van der Waals surface area contributed by atoms with Crippen LogP contribution in [-0.2, 0) is 21.2 Å². The fraction of sp³-hybridized carbons (Fsp3) is 0.269. The number of benzene rings is 3. The van der Waals surface area contributed by atoms with Crippen molar-refractivity contribution in [2.75, 3.05) is 22.4 Å². The van der Waals surface area contributed by atoms with Crippen LogP contribution in [0.1, 0.15) is 25.0 Å². The summed E-state index contributed by atoms with van der Waals surface area (Å²) in [4.78, 5) is 15.4. The summed E-state index contributed by atoms with van der Waals surface area (Å²) < 4.78 is 34.4. The Morgan fingerprint density at radius 1 is 1.03 bits per heavy atom. The fourth-order valence-electron chi connectivity index (χ4n) is 4.22. The SMILES string of the molecule is CCOc1ccccc1N(CC(=O)N1c2ccccc2C[C@H]1C)S(=O)(=O)c1ccc(C)cc1. The van der Waals surface area contributed by atoms with E-state index in [1.807, 2.05) is 45.0 Å². The second kappa shape index (κ2) is 9.27. The number of carbonyl (C=O) groups is 1. The van der Waals surface area contributed by atoms with Crippen LogP contribution in [0, 0.1) is 6.92 Å². The van der Waals surface area contributed by atoms with Gasteiger partial charge in [0.15, 0.2) is 0 Å². The fourth-order valence-corrected chi connectivity index (χ4v) is 5.65. The van der Waals surface area contributed by atoms with Gasteiger partial charge < -0.3 is 9.64 Å². The molecule has 3 aromatic carbocycles. The molecule has 1 atom stereocenters. The van der Waals surface area contributed by atoms with Crippen molar-refractivity contribution in [3.63, 3.8) is 0 Å². The molecule has 1 amide bonds. The molecule has 33 heavy (non-hydrogen) atoms. The Morgan fingerprint density at radius 2 is 1.70 bits per heavy atom. The predicted molar refractivity (Wildman–Crippen MR) is 130 cm³/mol. The van der Waals surface area contributed by atoms with Crippen molar-refractivity contribution in [3.8, 4) is 5.75 Å². The first-order valence-corrected chi connectivity index (χ1v) is 12.5. The smallest absolute Gasteiger partial charge is 0.264 e. The molecule has 0 aliphatic carbocycles. The summed E-state index contributed by atoms with van der Waals surface area (Å²) in [6.07, 6.45) is 0.738. The Balaban J connectivity index is 1.77. The van der Waals surface area contributed by atoms with Gasteiger partial charge in [-0.15, -0.1) is 0 Å². The lowest BCUT2D eigenvalue weighted by atomic mass is 10.1. The van der Waals surface area contributed by atoms with E-state index in [-0.39, 0.29) is 23.4 Å². The highest BCUT2D eigenvalue weighted by molar-refractivity contribution is 7.92. The molecule has 0 saturated heterocycles. The van der Waals surface area contributed by atoms with E-state index in [0.29, 0.717) is 18.0 Å². The zero-order valence-electron chi connectivity index (χ0n) is 19.1. The summed E-state index contributed by atoms with van der Waals surface area (Å²) in [5.74, 6) is 0.132. The first-order valence-electron chi connectivity index (χ1n) is 11.0. The van der Waals surface area contributed by atoms with Gasteiger partial charge in [-0.3, -0.25) is 9.10 Å². The van der Waals surface area contributed by atoms with E-state index in [1.54, 1.807) is 53.4 Å². The van der Waals surface area contributed by atoms with E-state index in [2.05, 4.69) is 0 Å². The number of rotatable bonds is 7. The van der Waals surface area contributed by atoms with E-state index in [0.717, 1.165) is 23.2 Å². The highest BCUT2D eigenvalue weighted by Gasteiger charge is 2.35. The first kappa shape index (κ1) is 22.9. The molecule has 7 heteroatoms. The Morgan fingerprint density at radius 3 is 2.42 bits per heavy atom. The lowest BCUT2D eigenvalue weighted by molar-refractivity contribution is -0.117. The number of fused-ring (bicyclic) bond motifs is 1. The molecule has 6 nitrogen and oxygen atoms in total. The van der Waals surface area contributed by atoms with Gasteiger partial charge in [-0.2, -0.15) is 0 Å². The Kier molecular flexibility index (Phi) is 6.42. The Hall–Kier alpha value is -3.32. The molecular formula is C26H28N2O4S. The Labute approximate surface area is 195 Å². The topological polar surface area (TPSA) is 66.9 Å². The van der Waals surface area contributed by atoms with Crippen LogP contribution in [0.4, 0.5) is 11.4 Å². The first-order chi connectivity index (χ1) is 15.8. The van der Waals surface area contributed by atoms with Crippen molar-refractivity contribution >= 4 is 27.3 Å². The maximum Gasteiger partial charge on any atom is 0.264 e. The van der Waals surface area contributed by atoms with Gasteiger partial charge in [0.05, 0.1) is 17.2 Å². The average molecular weight is 465 g/mol. The number of sulfonamides is 1. The third-order valence-electron chi connectivity index (χ3n) is 5.80. The number of anilines is 2. The summed E-state index contributed by atoms with van der Waals surface area (Å²) in [6, 6.07) is 21.3. The van der Waals surface area contributed by atoms with Crippen LogP contribution < -0.4 is 13.9 Å². The number of para-hydroxylation sites is 3. The summed E-state index contributed by atoms with van der Waals surface area (Å²) in [6.45, 7) is 5.75. The molecule has 3 aromatic rings. The minimum Gasteiger partial charge on any atom is -0.492 e. The molecule has 0 unspecified atom stereocenters. The van der Waals surface area contributed by atoms with Crippen LogP contribution in [0.25, 0.3) is 0 Å². The van der Waals surface area contributed by atoms with Gasteiger partial charge >= 0.3 is 0 Å². The normalized spacial score (nSPS) is 15.2. The molecule has 172 valence electrons.